The zero-order chi connectivity index (χ0) is 15.7. The number of hydrogen-bond acceptors (Lipinski definition) is 2. The molecule has 1 N–H and O–H groups in total. The maximum absolute atomic E-state index is 11.3. The third kappa shape index (κ3) is 2.76. The average Bonchev–Trinajstić information content (AvgIpc) is 2.97. The van der Waals surface area contributed by atoms with Crippen LogP contribution >= 0.6 is 0 Å². The number of likely N-dealkylation sites (tertiary alicyclic amines) is 1. The van der Waals surface area contributed by atoms with Crippen molar-refractivity contribution in [3.63, 3.8) is 0 Å². The Labute approximate surface area is 137 Å². The molecule has 1 fully saturated rings. The Balaban J connectivity index is 1.61. The predicted octanol–water partition coefficient (Wildman–Crippen LogP) is 3.93. The number of rotatable bonds is 3. The lowest BCUT2D eigenvalue weighted by molar-refractivity contribution is 0.0468. The SMILES string of the molecule is O[C@]1(c2cccc3ccccc23)CCN(Cc2ccccc2)C1. The molecule has 1 aliphatic rings. The van der Waals surface area contributed by atoms with Crippen molar-refractivity contribution in [3.8, 4) is 0 Å². The Bertz CT molecular complexity index is 809. The van der Waals surface area contributed by atoms with Crippen LogP contribution in [-0.2, 0) is 12.1 Å². The highest BCUT2D eigenvalue weighted by atomic mass is 16.3. The van der Waals surface area contributed by atoms with Gasteiger partial charge in [-0.15, -0.1) is 0 Å². The summed E-state index contributed by atoms with van der Waals surface area (Å²) in [4.78, 5) is 2.34. The van der Waals surface area contributed by atoms with Crippen LogP contribution in [0.1, 0.15) is 17.5 Å². The summed E-state index contributed by atoms with van der Waals surface area (Å²) in [6.07, 6.45) is 0.786. The predicted molar refractivity (Wildman–Crippen MR) is 94.2 cm³/mol. The average molecular weight is 303 g/mol. The Kier molecular flexibility index (Phi) is 3.64. The highest BCUT2D eigenvalue weighted by molar-refractivity contribution is 5.86. The van der Waals surface area contributed by atoms with Gasteiger partial charge in [0, 0.05) is 19.6 Å². The molecule has 3 aromatic carbocycles. The first-order valence-electron chi connectivity index (χ1n) is 8.22. The van der Waals surface area contributed by atoms with Gasteiger partial charge < -0.3 is 5.11 Å². The fourth-order valence-corrected chi connectivity index (χ4v) is 3.70. The van der Waals surface area contributed by atoms with Gasteiger partial charge in [-0.25, -0.2) is 0 Å². The van der Waals surface area contributed by atoms with Gasteiger partial charge in [0.15, 0.2) is 0 Å². The highest BCUT2D eigenvalue weighted by Gasteiger charge is 2.38. The van der Waals surface area contributed by atoms with Crippen molar-refractivity contribution in [2.75, 3.05) is 13.1 Å². The maximum Gasteiger partial charge on any atom is 0.104 e. The molecule has 0 saturated carbocycles. The van der Waals surface area contributed by atoms with E-state index < -0.39 is 5.60 Å². The van der Waals surface area contributed by atoms with E-state index in [2.05, 4.69) is 59.5 Å². The number of benzene rings is 3. The molecule has 116 valence electrons. The topological polar surface area (TPSA) is 23.5 Å². The fraction of sp³-hybridized carbons (Fsp3) is 0.238. The van der Waals surface area contributed by atoms with Gasteiger partial charge in [-0.3, -0.25) is 4.90 Å². The fourth-order valence-electron chi connectivity index (χ4n) is 3.70. The van der Waals surface area contributed by atoms with Crippen LogP contribution in [0.4, 0.5) is 0 Å². The van der Waals surface area contributed by atoms with Crippen molar-refractivity contribution in [1.29, 1.82) is 0 Å². The molecule has 2 nitrogen and oxygen atoms in total. The molecule has 1 heterocycles. The van der Waals surface area contributed by atoms with E-state index in [-0.39, 0.29) is 0 Å². The van der Waals surface area contributed by atoms with Crippen LogP contribution in [-0.4, -0.2) is 23.1 Å². The van der Waals surface area contributed by atoms with E-state index in [1.54, 1.807) is 0 Å². The number of fused-ring (bicyclic) bond motifs is 1. The number of aliphatic hydroxyl groups is 1. The summed E-state index contributed by atoms with van der Waals surface area (Å²) in [6.45, 7) is 2.51. The Morgan fingerprint density at radius 3 is 2.48 bits per heavy atom. The quantitative estimate of drug-likeness (QED) is 0.792. The van der Waals surface area contributed by atoms with Crippen molar-refractivity contribution in [2.24, 2.45) is 0 Å². The smallest absolute Gasteiger partial charge is 0.104 e. The summed E-state index contributed by atoms with van der Waals surface area (Å²) in [5, 5.41) is 13.6. The van der Waals surface area contributed by atoms with Crippen LogP contribution in [0.5, 0.6) is 0 Å². The summed E-state index contributed by atoms with van der Waals surface area (Å²) in [6, 6.07) is 25.0. The summed E-state index contributed by atoms with van der Waals surface area (Å²) in [7, 11) is 0. The first kappa shape index (κ1) is 14.4. The Morgan fingerprint density at radius 2 is 1.61 bits per heavy atom. The zero-order valence-electron chi connectivity index (χ0n) is 13.2. The van der Waals surface area contributed by atoms with Crippen LogP contribution in [0, 0.1) is 0 Å². The van der Waals surface area contributed by atoms with E-state index in [0.29, 0.717) is 6.54 Å². The minimum absolute atomic E-state index is 0.690. The number of hydrogen-bond donors (Lipinski definition) is 1. The minimum atomic E-state index is -0.754. The molecule has 0 aliphatic carbocycles. The standard InChI is InChI=1S/C21H21NO/c23-21(20-12-6-10-18-9-4-5-11-19(18)20)13-14-22(16-21)15-17-7-2-1-3-8-17/h1-12,23H,13-16H2/t21-/m1/s1. The molecule has 3 aromatic rings. The van der Waals surface area contributed by atoms with Crippen molar-refractivity contribution >= 4 is 10.8 Å². The van der Waals surface area contributed by atoms with Crippen LogP contribution in [0.2, 0.25) is 0 Å². The Morgan fingerprint density at radius 1 is 0.870 bits per heavy atom. The van der Waals surface area contributed by atoms with Gasteiger partial charge in [-0.1, -0.05) is 72.8 Å². The molecule has 1 saturated heterocycles. The van der Waals surface area contributed by atoms with Crippen LogP contribution in [0.25, 0.3) is 10.8 Å². The van der Waals surface area contributed by atoms with Crippen molar-refractivity contribution in [1.82, 2.24) is 4.90 Å². The van der Waals surface area contributed by atoms with E-state index in [1.165, 1.54) is 16.3 Å². The summed E-state index contributed by atoms with van der Waals surface area (Å²) in [5.41, 5.74) is 1.61. The monoisotopic (exact) mass is 303 g/mol. The van der Waals surface area contributed by atoms with Crippen molar-refractivity contribution in [2.45, 2.75) is 18.6 Å². The molecule has 0 bridgehead atoms. The molecule has 0 amide bonds. The summed E-state index contributed by atoms with van der Waals surface area (Å²) in [5.74, 6) is 0. The lowest BCUT2D eigenvalue weighted by atomic mass is 9.89. The molecule has 2 heteroatoms. The number of β-amino-alcohol motifs (C(OH)–C–C–N with tert-alkyl or cyclic N) is 1. The van der Waals surface area contributed by atoms with Gasteiger partial charge in [0.25, 0.3) is 0 Å². The largest absolute Gasteiger partial charge is 0.384 e. The molecule has 1 atom stereocenters. The minimum Gasteiger partial charge on any atom is -0.384 e. The first-order chi connectivity index (χ1) is 11.2. The van der Waals surface area contributed by atoms with Gasteiger partial charge in [0.1, 0.15) is 5.60 Å². The van der Waals surface area contributed by atoms with Crippen molar-refractivity contribution < 1.29 is 5.11 Å². The zero-order valence-corrected chi connectivity index (χ0v) is 13.2. The molecular formula is C21H21NO. The van der Waals surface area contributed by atoms with E-state index >= 15 is 0 Å². The van der Waals surface area contributed by atoms with E-state index in [0.717, 1.165) is 25.1 Å². The molecule has 0 spiro atoms. The van der Waals surface area contributed by atoms with Gasteiger partial charge >= 0.3 is 0 Å². The summed E-state index contributed by atoms with van der Waals surface area (Å²) >= 11 is 0. The second kappa shape index (κ2) is 5.80. The van der Waals surface area contributed by atoms with Crippen LogP contribution in [0.3, 0.4) is 0 Å². The lowest BCUT2D eigenvalue weighted by Gasteiger charge is -2.25. The highest BCUT2D eigenvalue weighted by Crippen LogP contribution is 2.36. The van der Waals surface area contributed by atoms with Gasteiger partial charge in [0.2, 0.25) is 0 Å². The third-order valence-corrected chi connectivity index (χ3v) is 4.87. The molecule has 1 aliphatic heterocycles. The molecule has 0 radical (unpaired) electrons. The van der Waals surface area contributed by atoms with E-state index in [1.807, 2.05) is 18.2 Å². The van der Waals surface area contributed by atoms with Crippen LogP contribution in [0.15, 0.2) is 72.8 Å². The van der Waals surface area contributed by atoms with Crippen molar-refractivity contribution in [3.05, 3.63) is 83.9 Å². The molecule has 4 rings (SSSR count). The molecule has 23 heavy (non-hydrogen) atoms. The number of nitrogens with zero attached hydrogens (tertiary/aromatic N) is 1. The summed E-state index contributed by atoms with van der Waals surface area (Å²) < 4.78 is 0. The Hall–Kier alpha value is -2.16. The third-order valence-electron chi connectivity index (χ3n) is 4.87. The maximum atomic E-state index is 11.3. The molecular weight excluding hydrogens is 282 g/mol. The van der Waals surface area contributed by atoms with Gasteiger partial charge in [-0.2, -0.15) is 0 Å². The normalized spacial score (nSPS) is 21.8. The van der Waals surface area contributed by atoms with E-state index in [9.17, 15) is 5.11 Å². The van der Waals surface area contributed by atoms with Gasteiger partial charge in [0.05, 0.1) is 0 Å². The molecule has 0 unspecified atom stereocenters. The van der Waals surface area contributed by atoms with Crippen LogP contribution < -0.4 is 0 Å². The lowest BCUT2D eigenvalue weighted by Crippen LogP contribution is -2.30. The second-order valence-corrected chi connectivity index (χ2v) is 6.50. The van der Waals surface area contributed by atoms with Gasteiger partial charge in [-0.05, 0) is 28.3 Å². The molecule has 0 aromatic heterocycles. The van der Waals surface area contributed by atoms with E-state index in [4.69, 9.17) is 0 Å². The second-order valence-electron chi connectivity index (χ2n) is 6.50. The first-order valence-corrected chi connectivity index (χ1v) is 8.22.